The number of hydrogen-bond acceptors (Lipinski definition) is 2. The summed E-state index contributed by atoms with van der Waals surface area (Å²) in [6, 6.07) is 0.665. The van der Waals surface area contributed by atoms with Crippen LogP contribution >= 0.6 is 0 Å². The van der Waals surface area contributed by atoms with E-state index in [1.165, 1.54) is 44.9 Å². The van der Waals surface area contributed by atoms with E-state index in [1.54, 1.807) is 0 Å². The van der Waals surface area contributed by atoms with E-state index < -0.39 is 0 Å². The Hall–Kier alpha value is -0.0800. The molecule has 5 unspecified atom stereocenters. The lowest BCUT2D eigenvalue weighted by atomic mass is 9.61. The normalized spacial score (nSPS) is 42.9. The third kappa shape index (κ3) is 3.16. The van der Waals surface area contributed by atoms with Gasteiger partial charge < -0.3 is 10.1 Å². The maximum Gasteiger partial charge on any atom is 0.0662 e. The number of rotatable bonds is 6. The Morgan fingerprint density at radius 3 is 2.58 bits per heavy atom. The Morgan fingerprint density at radius 1 is 1.16 bits per heavy atom. The quantitative estimate of drug-likeness (QED) is 0.781. The van der Waals surface area contributed by atoms with Crippen molar-refractivity contribution in [3.63, 3.8) is 0 Å². The molecule has 0 aromatic heterocycles. The zero-order chi connectivity index (χ0) is 13.9. The third-order valence-corrected chi connectivity index (χ3v) is 5.86. The second-order valence-corrected chi connectivity index (χ2v) is 6.89. The molecule has 0 aromatic rings. The standard InChI is InChI=1S/C17H33NO/c1-5-13-9-8-10-14(11-13)19-16-12-15(18-7-3)17(16,4)6-2/h13-16,18H,5-12H2,1-4H3. The molecular weight excluding hydrogens is 234 g/mol. The largest absolute Gasteiger partial charge is 0.374 e. The first kappa shape index (κ1) is 15.3. The molecule has 112 valence electrons. The molecular formula is C17H33NO. The molecule has 0 aromatic carbocycles. The lowest BCUT2D eigenvalue weighted by Gasteiger charge is -2.55. The molecule has 2 fully saturated rings. The molecule has 2 nitrogen and oxygen atoms in total. The van der Waals surface area contributed by atoms with Gasteiger partial charge in [-0.3, -0.25) is 0 Å². The zero-order valence-electron chi connectivity index (χ0n) is 13.4. The topological polar surface area (TPSA) is 21.3 Å². The predicted octanol–water partition coefficient (Wildman–Crippen LogP) is 4.14. The first-order chi connectivity index (χ1) is 9.13. The van der Waals surface area contributed by atoms with Gasteiger partial charge in [-0.2, -0.15) is 0 Å². The molecule has 5 atom stereocenters. The molecule has 2 aliphatic carbocycles. The van der Waals surface area contributed by atoms with Crippen molar-refractivity contribution in [2.45, 2.75) is 90.9 Å². The minimum absolute atomic E-state index is 0.356. The summed E-state index contributed by atoms with van der Waals surface area (Å²) in [5.41, 5.74) is 0.356. The molecule has 0 radical (unpaired) electrons. The van der Waals surface area contributed by atoms with Gasteiger partial charge in [0.15, 0.2) is 0 Å². The highest BCUT2D eigenvalue weighted by atomic mass is 16.5. The van der Waals surface area contributed by atoms with Crippen LogP contribution in [0.3, 0.4) is 0 Å². The van der Waals surface area contributed by atoms with Gasteiger partial charge in [-0.05, 0) is 38.1 Å². The Morgan fingerprint density at radius 2 is 1.95 bits per heavy atom. The monoisotopic (exact) mass is 267 g/mol. The van der Waals surface area contributed by atoms with Crippen LogP contribution in [0.1, 0.15) is 72.6 Å². The zero-order valence-corrected chi connectivity index (χ0v) is 13.4. The molecule has 2 rings (SSSR count). The van der Waals surface area contributed by atoms with E-state index in [1.807, 2.05) is 0 Å². The summed E-state index contributed by atoms with van der Waals surface area (Å²) in [7, 11) is 0. The summed E-state index contributed by atoms with van der Waals surface area (Å²) in [6.45, 7) is 10.3. The van der Waals surface area contributed by atoms with Crippen LogP contribution in [0.2, 0.25) is 0 Å². The molecule has 2 saturated carbocycles. The van der Waals surface area contributed by atoms with Gasteiger partial charge >= 0.3 is 0 Å². The van der Waals surface area contributed by atoms with E-state index in [9.17, 15) is 0 Å². The van der Waals surface area contributed by atoms with Crippen LogP contribution in [-0.2, 0) is 4.74 Å². The highest BCUT2D eigenvalue weighted by Crippen LogP contribution is 2.47. The fourth-order valence-electron chi connectivity index (χ4n) is 4.03. The fraction of sp³-hybridized carbons (Fsp3) is 1.00. The van der Waals surface area contributed by atoms with Crippen molar-refractivity contribution in [1.82, 2.24) is 5.32 Å². The minimum Gasteiger partial charge on any atom is -0.374 e. The van der Waals surface area contributed by atoms with Crippen LogP contribution in [0.25, 0.3) is 0 Å². The van der Waals surface area contributed by atoms with Gasteiger partial charge in [-0.15, -0.1) is 0 Å². The van der Waals surface area contributed by atoms with E-state index in [0.717, 1.165) is 12.5 Å². The summed E-state index contributed by atoms with van der Waals surface area (Å²) in [6.07, 6.45) is 10.2. The van der Waals surface area contributed by atoms with Crippen LogP contribution in [0, 0.1) is 11.3 Å². The molecule has 1 N–H and O–H groups in total. The Kier molecular flexibility index (Phi) is 5.30. The van der Waals surface area contributed by atoms with Crippen molar-refractivity contribution in [3.05, 3.63) is 0 Å². The number of hydrogen-bond donors (Lipinski definition) is 1. The first-order valence-electron chi connectivity index (χ1n) is 8.52. The van der Waals surface area contributed by atoms with Gasteiger partial charge in [-0.25, -0.2) is 0 Å². The molecule has 2 aliphatic rings. The van der Waals surface area contributed by atoms with Gasteiger partial charge in [0.05, 0.1) is 12.2 Å². The van der Waals surface area contributed by atoms with E-state index in [2.05, 4.69) is 33.0 Å². The van der Waals surface area contributed by atoms with Crippen molar-refractivity contribution in [2.24, 2.45) is 11.3 Å². The third-order valence-electron chi connectivity index (χ3n) is 5.86. The van der Waals surface area contributed by atoms with Gasteiger partial charge in [0.2, 0.25) is 0 Å². The molecule has 0 aliphatic heterocycles. The van der Waals surface area contributed by atoms with Crippen molar-refractivity contribution in [2.75, 3.05) is 6.54 Å². The molecule has 0 amide bonds. The Bertz CT molecular complexity index is 280. The maximum absolute atomic E-state index is 6.50. The summed E-state index contributed by atoms with van der Waals surface area (Å²) < 4.78 is 6.50. The minimum atomic E-state index is 0.356. The van der Waals surface area contributed by atoms with Gasteiger partial charge in [0, 0.05) is 11.5 Å². The van der Waals surface area contributed by atoms with Crippen molar-refractivity contribution in [1.29, 1.82) is 0 Å². The fourth-order valence-corrected chi connectivity index (χ4v) is 4.03. The number of nitrogens with one attached hydrogen (secondary N) is 1. The Balaban J connectivity index is 1.86. The predicted molar refractivity (Wildman–Crippen MR) is 81.4 cm³/mol. The van der Waals surface area contributed by atoms with E-state index in [0.29, 0.717) is 23.7 Å². The van der Waals surface area contributed by atoms with Crippen molar-refractivity contribution in [3.8, 4) is 0 Å². The molecule has 0 bridgehead atoms. The van der Waals surface area contributed by atoms with Crippen molar-refractivity contribution < 1.29 is 4.74 Å². The van der Waals surface area contributed by atoms with Crippen LogP contribution < -0.4 is 5.32 Å². The van der Waals surface area contributed by atoms with Crippen LogP contribution in [0.4, 0.5) is 0 Å². The SMILES string of the molecule is CCNC1CC(OC2CCCC(CC)C2)C1(C)CC. The van der Waals surface area contributed by atoms with E-state index in [4.69, 9.17) is 4.74 Å². The molecule has 0 heterocycles. The second kappa shape index (κ2) is 6.58. The number of ether oxygens (including phenoxy) is 1. The maximum atomic E-state index is 6.50. The Labute approximate surface area is 119 Å². The smallest absolute Gasteiger partial charge is 0.0662 e. The first-order valence-corrected chi connectivity index (χ1v) is 8.52. The summed E-state index contributed by atoms with van der Waals surface area (Å²) >= 11 is 0. The van der Waals surface area contributed by atoms with Gasteiger partial charge in [0.1, 0.15) is 0 Å². The summed E-state index contributed by atoms with van der Waals surface area (Å²) in [4.78, 5) is 0. The lowest BCUT2D eigenvalue weighted by molar-refractivity contribution is -0.166. The van der Waals surface area contributed by atoms with Crippen LogP contribution in [-0.4, -0.2) is 24.8 Å². The highest BCUT2D eigenvalue weighted by Gasteiger charge is 2.51. The highest BCUT2D eigenvalue weighted by molar-refractivity contribution is 5.05. The van der Waals surface area contributed by atoms with E-state index >= 15 is 0 Å². The molecule has 2 heteroatoms. The molecule has 19 heavy (non-hydrogen) atoms. The molecule has 0 spiro atoms. The van der Waals surface area contributed by atoms with Gasteiger partial charge in [0.25, 0.3) is 0 Å². The van der Waals surface area contributed by atoms with E-state index in [-0.39, 0.29) is 0 Å². The van der Waals surface area contributed by atoms with Crippen LogP contribution in [0.15, 0.2) is 0 Å². The lowest BCUT2D eigenvalue weighted by Crippen LogP contribution is -2.62. The van der Waals surface area contributed by atoms with Crippen molar-refractivity contribution >= 4 is 0 Å². The van der Waals surface area contributed by atoms with Gasteiger partial charge in [-0.1, -0.05) is 47.0 Å². The average molecular weight is 267 g/mol. The summed E-state index contributed by atoms with van der Waals surface area (Å²) in [5, 5.41) is 3.63. The average Bonchev–Trinajstić information content (AvgIpc) is 2.45. The second-order valence-electron chi connectivity index (χ2n) is 6.89. The molecule has 0 saturated heterocycles. The van der Waals surface area contributed by atoms with Crippen LogP contribution in [0.5, 0.6) is 0 Å². The summed E-state index contributed by atoms with van der Waals surface area (Å²) in [5.74, 6) is 0.913.